The molecule has 1 rings (SSSR count). The van der Waals surface area contributed by atoms with Gasteiger partial charge in [-0.1, -0.05) is 12.1 Å². The lowest BCUT2D eigenvalue weighted by atomic mass is 10.1. The second-order valence-corrected chi connectivity index (χ2v) is 3.88. The highest BCUT2D eigenvalue weighted by Crippen LogP contribution is 2.11. The molecule has 1 unspecified atom stereocenters. The molecular formula is C12H20N2O. The molecule has 0 aliphatic heterocycles. The molecule has 15 heavy (non-hydrogen) atoms. The summed E-state index contributed by atoms with van der Waals surface area (Å²) in [5, 5.41) is 3.37. The largest absolute Gasteiger partial charge is 0.497 e. The van der Waals surface area contributed by atoms with Crippen LogP contribution in [0.1, 0.15) is 19.4 Å². The molecule has 0 spiro atoms. The lowest BCUT2D eigenvalue weighted by Crippen LogP contribution is -2.40. The fourth-order valence-electron chi connectivity index (χ4n) is 1.21. The third kappa shape index (κ3) is 3.90. The Morgan fingerprint density at radius 1 is 1.27 bits per heavy atom. The van der Waals surface area contributed by atoms with Crippen LogP contribution >= 0.6 is 0 Å². The Labute approximate surface area is 91.6 Å². The number of hydrogen-bond acceptors (Lipinski definition) is 3. The topological polar surface area (TPSA) is 47.3 Å². The maximum atomic E-state index is 5.76. The summed E-state index contributed by atoms with van der Waals surface area (Å²) in [5.74, 6) is 0.888. The van der Waals surface area contributed by atoms with E-state index in [1.165, 1.54) is 5.56 Å². The van der Waals surface area contributed by atoms with Crippen LogP contribution in [0.3, 0.4) is 0 Å². The van der Waals surface area contributed by atoms with E-state index >= 15 is 0 Å². The molecule has 0 aromatic heterocycles. The number of hydrogen-bond donors (Lipinski definition) is 2. The van der Waals surface area contributed by atoms with Crippen molar-refractivity contribution in [2.24, 2.45) is 5.73 Å². The van der Waals surface area contributed by atoms with Gasteiger partial charge in [0.25, 0.3) is 0 Å². The van der Waals surface area contributed by atoms with Gasteiger partial charge in [0.05, 0.1) is 7.11 Å². The van der Waals surface area contributed by atoms with Gasteiger partial charge < -0.3 is 15.8 Å². The van der Waals surface area contributed by atoms with Crippen LogP contribution < -0.4 is 15.8 Å². The highest BCUT2D eigenvalue weighted by Gasteiger charge is 2.05. The van der Waals surface area contributed by atoms with E-state index in [9.17, 15) is 0 Å². The van der Waals surface area contributed by atoms with E-state index in [0.717, 1.165) is 12.3 Å². The van der Waals surface area contributed by atoms with Crippen LogP contribution in [-0.4, -0.2) is 19.2 Å². The number of nitrogens with one attached hydrogen (secondary N) is 1. The average Bonchev–Trinajstić information content (AvgIpc) is 2.26. The number of rotatable bonds is 5. The van der Waals surface area contributed by atoms with Crippen LogP contribution in [0.4, 0.5) is 0 Å². The van der Waals surface area contributed by atoms with Gasteiger partial charge in [-0.3, -0.25) is 0 Å². The number of benzene rings is 1. The molecule has 0 aliphatic rings. The molecular weight excluding hydrogens is 188 g/mol. The predicted molar refractivity (Wildman–Crippen MR) is 62.9 cm³/mol. The van der Waals surface area contributed by atoms with Crippen molar-refractivity contribution in [2.45, 2.75) is 32.5 Å². The molecule has 0 saturated carbocycles. The van der Waals surface area contributed by atoms with E-state index in [4.69, 9.17) is 10.5 Å². The van der Waals surface area contributed by atoms with Gasteiger partial charge in [-0.05, 0) is 31.5 Å². The van der Waals surface area contributed by atoms with Crippen LogP contribution in [0.25, 0.3) is 0 Å². The standard InChI is InChI=1S/C12H20N2O/c1-9(13)10(2)14-8-11-4-6-12(15-3)7-5-11/h4-7,9-10,14H,8,13H2,1-3H3/t9-,10?/m0/s1. The van der Waals surface area contributed by atoms with Crippen LogP contribution in [0.15, 0.2) is 24.3 Å². The Hall–Kier alpha value is -1.06. The van der Waals surface area contributed by atoms with E-state index in [1.807, 2.05) is 19.1 Å². The van der Waals surface area contributed by atoms with Crippen LogP contribution in [-0.2, 0) is 6.54 Å². The zero-order valence-electron chi connectivity index (χ0n) is 9.66. The number of nitrogens with two attached hydrogens (primary N) is 1. The molecule has 0 fully saturated rings. The van der Waals surface area contributed by atoms with Crippen molar-refractivity contribution in [2.75, 3.05) is 7.11 Å². The maximum Gasteiger partial charge on any atom is 0.118 e. The van der Waals surface area contributed by atoms with Crippen LogP contribution in [0.5, 0.6) is 5.75 Å². The van der Waals surface area contributed by atoms with Crippen molar-refractivity contribution < 1.29 is 4.74 Å². The summed E-state index contributed by atoms with van der Waals surface area (Å²) in [6.07, 6.45) is 0. The Kier molecular flexibility index (Phi) is 4.59. The predicted octanol–water partition coefficient (Wildman–Crippen LogP) is 1.52. The number of methoxy groups -OCH3 is 1. The molecule has 0 aliphatic carbocycles. The van der Waals surface area contributed by atoms with Crippen LogP contribution in [0, 0.1) is 0 Å². The lowest BCUT2D eigenvalue weighted by molar-refractivity contribution is 0.414. The first kappa shape index (κ1) is 12.0. The SMILES string of the molecule is COc1ccc(CNC(C)[C@H](C)N)cc1. The molecule has 1 aromatic rings. The van der Waals surface area contributed by atoms with Crippen LogP contribution in [0.2, 0.25) is 0 Å². The normalized spacial score (nSPS) is 14.7. The van der Waals surface area contributed by atoms with Crippen molar-refractivity contribution in [3.05, 3.63) is 29.8 Å². The molecule has 3 heteroatoms. The molecule has 3 nitrogen and oxygen atoms in total. The van der Waals surface area contributed by atoms with Crippen molar-refractivity contribution in [1.29, 1.82) is 0 Å². The molecule has 0 radical (unpaired) electrons. The molecule has 2 atom stereocenters. The molecule has 0 amide bonds. The summed E-state index contributed by atoms with van der Waals surface area (Å²) in [6.45, 7) is 4.94. The highest BCUT2D eigenvalue weighted by atomic mass is 16.5. The molecule has 0 heterocycles. The molecule has 1 aromatic carbocycles. The van der Waals surface area contributed by atoms with Gasteiger partial charge in [0.1, 0.15) is 5.75 Å². The van der Waals surface area contributed by atoms with E-state index in [0.29, 0.717) is 6.04 Å². The average molecular weight is 208 g/mol. The van der Waals surface area contributed by atoms with Gasteiger partial charge in [-0.15, -0.1) is 0 Å². The summed E-state index contributed by atoms with van der Waals surface area (Å²) in [6, 6.07) is 8.54. The third-order valence-corrected chi connectivity index (χ3v) is 2.58. The van der Waals surface area contributed by atoms with Gasteiger partial charge in [0.2, 0.25) is 0 Å². The maximum absolute atomic E-state index is 5.76. The summed E-state index contributed by atoms with van der Waals surface area (Å²) < 4.78 is 5.09. The Morgan fingerprint density at radius 3 is 2.33 bits per heavy atom. The van der Waals surface area contributed by atoms with Gasteiger partial charge in [-0.2, -0.15) is 0 Å². The second-order valence-electron chi connectivity index (χ2n) is 3.88. The van der Waals surface area contributed by atoms with E-state index < -0.39 is 0 Å². The summed E-state index contributed by atoms with van der Waals surface area (Å²) in [7, 11) is 1.67. The highest BCUT2D eigenvalue weighted by molar-refractivity contribution is 5.27. The van der Waals surface area contributed by atoms with Gasteiger partial charge in [0.15, 0.2) is 0 Å². The molecule has 3 N–H and O–H groups in total. The summed E-state index contributed by atoms with van der Waals surface area (Å²) >= 11 is 0. The van der Waals surface area contributed by atoms with E-state index in [2.05, 4.69) is 24.4 Å². The fourth-order valence-corrected chi connectivity index (χ4v) is 1.21. The van der Waals surface area contributed by atoms with Gasteiger partial charge >= 0.3 is 0 Å². The lowest BCUT2D eigenvalue weighted by Gasteiger charge is -2.17. The zero-order chi connectivity index (χ0) is 11.3. The van der Waals surface area contributed by atoms with Crippen molar-refractivity contribution in [1.82, 2.24) is 5.32 Å². The van der Waals surface area contributed by atoms with Crippen molar-refractivity contribution >= 4 is 0 Å². The molecule has 0 bridgehead atoms. The quantitative estimate of drug-likeness (QED) is 0.771. The first-order chi connectivity index (χ1) is 7.13. The Morgan fingerprint density at radius 2 is 1.87 bits per heavy atom. The zero-order valence-corrected chi connectivity index (χ0v) is 9.66. The number of ether oxygens (including phenoxy) is 1. The van der Waals surface area contributed by atoms with E-state index in [1.54, 1.807) is 7.11 Å². The Bertz CT molecular complexity index is 282. The third-order valence-electron chi connectivity index (χ3n) is 2.58. The smallest absolute Gasteiger partial charge is 0.118 e. The van der Waals surface area contributed by atoms with E-state index in [-0.39, 0.29) is 6.04 Å². The molecule has 84 valence electrons. The Balaban J connectivity index is 2.44. The van der Waals surface area contributed by atoms with Gasteiger partial charge in [-0.25, -0.2) is 0 Å². The minimum absolute atomic E-state index is 0.170. The minimum Gasteiger partial charge on any atom is -0.497 e. The van der Waals surface area contributed by atoms with Gasteiger partial charge in [0, 0.05) is 18.6 Å². The first-order valence-electron chi connectivity index (χ1n) is 5.25. The molecule has 0 saturated heterocycles. The summed E-state index contributed by atoms with van der Waals surface area (Å²) in [4.78, 5) is 0. The summed E-state index contributed by atoms with van der Waals surface area (Å²) in [5.41, 5.74) is 7.00. The monoisotopic (exact) mass is 208 g/mol. The second kappa shape index (κ2) is 5.73. The van der Waals surface area contributed by atoms with Crippen molar-refractivity contribution in [3.8, 4) is 5.75 Å². The van der Waals surface area contributed by atoms with Crippen molar-refractivity contribution in [3.63, 3.8) is 0 Å². The minimum atomic E-state index is 0.170. The first-order valence-corrected chi connectivity index (χ1v) is 5.25. The fraction of sp³-hybridized carbons (Fsp3) is 0.500.